The first kappa shape index (κ1) is 23.5. The minimum atomic E-state index is -4.39. The largest absolute Gasteiger partial charge is 0.416 e. The van der Waals surface area contributed by atoms with E-state index in [9.17, 15) is 22.4 Å². The number of nitrogens with two attached hydrogens (primary N) is 1. The first-order valence-corrected chi connectivity index (χ1v) is 10.2. The number of hydrogen-bond donors (Lipinski definition) is 2. The van der Waals surface area contributed by atoms with Gasteiger partial charge < -0.3 is 5.73 Å². The van der Waals surface area contributed by atoms with Gasteiger partial charge in [0.25, 0.3) is 0 Å². The molecule has 32 heavy (non-hydrogen) atoms. The zero-order valence-electron chi connectivity index (χ0n) is 17.5. The zero-order valence-corrected chi connectivity index (χ0v) is 17.5. The Bertz CT molecular complexity index is 1050. The summed E-state index contributed by atoms with van der Waals surface area (Å²) in [5.74, 6) is -0.903. The third kappa shape index (κ3) is 5.95. The molecule has 0 aliphatic heterocycles. The van der Waals surface area contributed by atoms with E-state index in [1.807, 2.05) is 6.07 Å². The van der Waals surface area contributed by atoms with Crippen LogP contribution in [-0.4, -0.2) is 5.91 Å². The predicted octanol–water partition coefficient (Wildman–Crippen LogP) is 5.64. The van der Waals surface area contributed by atoms with Gasteiger partial charge in [-0.1, -0.05) is 54.6 Å². The normalized spacial score (nSPS) is 13.5. The van der Waals surface area contributed by atoms with E-state index in [-0.39, 0.29) is 11.9 Å². The summed E-state index contributed by atoms with van der Waals surface area (Å²) in [6.07, 6.45) is -3.47. The van der Waals surface area contributed by atoms with Gasteiger partial charge in [-0.05, 0) is 60.2 Å². The van der Waals surface area contributed by atoms with Crippen molar-refractivity contribution in [3.8, 4) is 0 Å². The van der Waals surface area contributed by atoms with Crippen LogP contribution >= 0.6 is 0 Å². The Kier molecular flexibility index (Phi) is 7.30. The van der Waals surface area contributed by atoms with E-state index in [4.69, 9.17) is 5.73 Å². The average Bonchev–Trinajstić information content (AvgIpc) is 2.76. The molecule has 0 aliphatic carbocycles. The molecule has 2 atom stereocenters. The highest BCUT2D eigenvalue weighted by atomic mass is 19.4. The fourth-order valence-electron chi connectivity index (χ4n) is 3.59. The Hall–Kier alpha value is -3.19. The molecule has 0 spiro atoms. The second-order valence-electron chi connectivity index (χ2n) is 7.71. The molecule has 168 valence electrons. The summed E-state index contributed by atoms with van der Waals surface area (Å²) in [7, 11) is 0. The third-order valence-electron chi connectivity index (χ3n) is 5.37. The molecule has 3 aromatic carbocycles. The van der Waals surface area contributed by atoms with E-state index in [1.54, 1.807) is 43.3 Å². The molecule has 0 saturated heterocycles. The summed E-state index contributed by atoms with van der Waals surface area (Å²) < 4.78 is 52.3. The molecule has 3 nitrogen and oxygen atoms in total. The van der Waals surface area contributed by atoms with E-state index < -0.39 is 23.7 Å². The molecule has 7 heteroatoms. The van der Waals surface area contributed by atoms with Crippen LogP contribution in [0.4, 0.5) is 17.6 Å². The van der Waals surface area contributed by atoms with Crippen molar-refractivity contribution < 1.29 is 22.4 Å². The van der Waals surface area contributed by atoms with Crippen molar-refractivity contribution in [3.63, 3.8) is 0 Å². The molecule has 0 aromatic heterocycles. The number of hydrogen-bond acceptors (Lipinski definition) is 2. The van der Waals surface area contributed by atoms with Crippen LogP contribution in [0.15, 0.2) is 72.8 Å². The summed E-state index contributed by atoms with van der Waals surface area (Å²) in [4.78, 5) is 12.2. The number of alkyl halides is 3. The topological polar surface area (TPSA) is 55.1 Å². The standard InChI is InChI=1S/C25H24F4N2O/c1-16-15-19(10-13-21(16)26)22(31-23(24(30)32)18-5-3-2-4-6-18)14-9-17-7-11-20(12-8-17)25(27,28)29/h2-8,10-13,15,22-23,31H,9,14H2,1H3,(H2,30,32)/t22-,23?/m1/s1. The van der Waals surface area contributed by atoms with Crippen molar-refractivity contribution in [3.05, 3.63) is 106 Å². The first-order valence-electron chi connectivity index (χ1n) is 10.2. The van der Waals surface area contributed by atoms with Gasteiger partial charge in [0.2, 0.25) is 5.91 Å². The van der Waals surface area contributed by atoms with Gasteiger partial charge in [-0.2, -0.15) is 13.2 Å². The van der Waals surface area contributed by atoms with E-state index >= 15 is 0 Å². The maximum Gasteiger partial charge on any atom is 0.416 e. The van der Waals surface area contributed by atoms with Crippen molar-refractivity contribution in [2.45, 2.75) is 38.0 Å². The fourth-order valence-corrected chi connectivity index (χ4v) is 3.59. The molecule has 3 rings (SSSR count). The van der Waals surface area contributed by atoms with Crippen LogP contribution in [0, 0.1) is 12.7 Å². The average molecular weight is 444 g/mol. The van der Waals surface area contributed by atoms with Crippen molar-refractivity contribution in [1.82, 2.24) is 5.32 Å². The van der Waals surface area contributed by atoms with Crippen LogP contribution in [0.3, 0.4) is 0 Å². The Morgan fingerprint density at radius 3 is 2.19 bits per heavy atom. The first-order chi connectivity index (χ1) is 15.1. The summed E-state index contributed by atoms with van der Waals surface area (Å²) in [6.45, 7) is 1.65. The second kappa shape index (κ2) is 9.96. The molecule has 0 fully saturated rings. The molecule has 1 amide bonds. The SMILES string of the molecule is Cc1cc([C@@H](CCc2ccc(C(F)(F)F)cc2)NC(C(N)=O)c2ccccc2)ccc1F. The van der Waals surface area contributed by atoms with Crippen molar-refractivity contribution in [1.29, 1.82) is 0 Å². The van der Waals surface area contributed by atoms with Gasteiger partial charge in [-0.25, -0.2) is 4.39 Å². The van der Waals surface area contributed by atoms with Gasteiger partial charge in [0.15, 0.2) is 0 Å². The number of carbonyl (C=O) groups excluding carboxylic acids is 1. The number of amides is 1. The molecule has 0 aliphatic rings. The van der Waals surface area contributed by atoms with Gasteiger partial charge in [0.05, 0.1) is 5.56 Å². The van der Waals surface area contributed by atoms with Crippen molar-refractivity contribution in [2.24, 2.45) is 5.73 Å². The van der Waals surface area contributed by atoms with Crippen LogP contribution in [0.1, 0.15) is 46.3 Å². The monoisotopic (exact) mass is 444 g/mol. The molecule has 0 saturated carbocycles. The van der Waals surface area contributed by atoms with Crippen LogP contribution in [0.2, 0.25) is 0 Å². The molecular formula is C25H24F4N2O. The van der Waals surface area contributed by atoms with Gasteiger partial charge in [0, 0.05) is 6.04 Å². The Labute approximate surface area is 184 Å². The van der Waals surface area contributed by atoms with Crippen LogP contribution in [0.25, 0.3) is 0 Å². The predicted molar refractivity (Wildman–Crippen MR) is 115 cm³/mol. The fraction of sp³-hybridized carbons (Fsp3) is 0.240. The Morgan fingerprint density at radius 1 is 0.969 bits per heavy atom. The van der Waals surface area contributed by atoms with Gasteiger partial charge in [0.1, 0.15) is 11.9 Å². The Morgan fingerprint density at radius 2 is 1.62 bits per heavy atom. The Balaban J connectivity index is 1.85. The van der Waals surface area contributed by atoms with Gasteiger partial charge >= 0.3 is 6.18 Å². The molecule has 0 heterocycles. The van der Waals surface area contributed by atoms with Gasteiger partial charge in [-0.15, -0.1) is 0 Å². The minimum Gasteiger partial charge on any atom is -0.368 e. The quantitative estimate of drug-likeness (QED) is 0.442. The summed E-state index contributed by atoms with van der Waals surface area (Å²) >= 11 is 0. The van der Waals surface area contributed by atoms with Crippen molar-refractivity contribution >= 4 is 5.91 Å². The number of primary amides is 1. The lowest BCUT2D eigenvalue weighted by Crippen LogP contribution is -2.36. The lowest BCUT2D eigenvalue weighted by Gasteiger charge is -2.25. The van der Waals surface area contributed by atoms with E-state index in [0.717, 1.165) is 23.3 Å². The lowest BCUT2D eigenvalue weighted by molar-refractivity contribution is -0.137. The molecule has 3 N–H and O–H groups in total. The highest BCUT2D eigenvalue weighted by Gasteiger charge is 2.30. The van der Waals surface area contributed by atoms with E-state index in [0.29, 0.717) is 24.0 Å². The molecule has 0 radical (unpaired) electrons. The number of halogens is 4. The highest BCUT2D eigenvalue weighted by molar-refractivity contribution is 5.81. The third-order valence-corrected chi connectivity index (χ3v) is 5.37. The number of benzene rings is 3. The number of rotatable bonds is 8. The van der Waals surface area contributed by atoms with Crippen LogP contribution in [-0.2, 0) is 17.4 Å². The van der Waals surface area contributed by atoms with E-state index in [2.05, 4.69) is 5.32 Å². The number of nitrogens with one attached hydrogen (secondary N) is 1. The number of aryl methyl sites for hydroxylation is 2. The van der Waals surface area contributed by atoms with Crippen LogP contribution in [0.5, 0.6) is 0 Å². The molecule has 3 aromatic rings. The van der Waals surface area contributed by atoms with E-state index in [1.165, 1.54) is 18.2 Å². The maximum absolute atomic E-state index is 13.8. The van der Waals surface area contributed by atoms with Gasteiger partial charge in [-0.3, -0.25) is 10.1 Å². The minimum absolute atomic E-state index is 0.343. The molecule has 1 unspecified atom stereocenters. The summed E-state index contributed by atoms with van der Waals surface area (Å²) in [5.41, 5.74) is 7.57. The van der Waals surface area contributed by atoms with Crippen molar-refractivity contribution in [2.75, 3.05) is 0 Å². The summed E-state index contributed by atoms with van der Waals surface area (Å²) in [6, 6.07) is 17.5. The molecule has 0 bridgehead atoms. The smallest absolute Gasteiger partial charge is 0.368 e. The zero-order chi connectivity index (χ0) is 23.3. The maximum atomic E-state index is 13.8. The highest BCUT2D eigenvalue weighted by Crippen LogP contribution is 2.30. The second-order valence-corrected chi connectivity index (χ2v) is 7.71. The number of carbonyl (C=O) groups is 1. The summed E-state index contributed by atoms with van der Waals surface area (Å²) in [5, 5.41) is 3.26. The lowest BCUT2D eigenvalue weighted by atomic mass is 9.95. The van der Waals surface area contributed by atoms with Crippen LogP contribution < -0.4 is 11.1 Å². The molecular weight excluding hydrogens is 420 g/mol.